The van der Waals surface area contributed by atoms with Gasteiger partial charge in [-0.2, -0.15) is 0 Å². The molecule has 1 aromatic carbocycles. The maximum Gasteiger partial charge on any atom is 0.145 e. The second kappa shape index (κ2) is 5.95. The van der Waals surface area contributed by atoms with Crippen LogP contribution in [0.2, 0.25) is 0 Å². The van der Waals surface area contributed by atoms with E-state index in [2.05, 4.69) is 15.6 Å². The first kappa shape index (κ1) is 13.0. The number of benzene rings is 1. The molecule has 0 unspecified atom stereocenters. The minimum Gasteiger partial charge on any atom is -0.497 e. The zero-order chi connectivity index (χ0) is 13.7. The van der Waals surface area contributed by atoms with Crippen LogP contribution in [0, 0.1) is 0 Å². The Hall–Kier alpha value is -2.43. The van der Waals surface area contributed by atoms with E-state index in [4.69, 9.17) is 9.47 Å². The first-order valence-electron chi connectivity index (χ1n) is 5.88. The van der Waals surface area contributed by atoms with E-state index in [9.17, 15) is 0 Å². The Morgan fingerprint density at radius 1 is 1.00 bits per heavy atom. The molecule has 2 rings (SSSR count). The largest absolute Gasteiger partial charge is 0.497 e. The monoisotopic (exact) mass is 259 g/mol. The van der Waals surface area contributed by atoms with Gasteiger partial charge in [0, 0.05) is 13.1 Å². The molecule has 0 aliphatic rings. The summed E-state index contributed by atoms with van der Waals surface area (Å²) in [4.78, 5) is 4.15. The summed E-state index contributed by atoms with van der Waals surface area (Å²) in [7, 11) is 5.11. The average molecular weight is 259 g/mol. The molecule has 0 radical (unpaired) electrons. The van der Waals surface area contributed by atoms with Crippen molar-refractivity contribution < 1.29 is 9.47 Å². The number of methoxy groups -OCH3 is 2. The highest BCUT2D eigenvalue weighted by Crippen LogP contribution is 2.31. The molecule has 0 atom stereocenters. The highest BCUT2D eigenvalue weighted by atomic mass is 16.5. The minimum atomic E-state index is 0.717. The van der Waals surface area contributed by atoms with Gasteiger partial charge in [0.05, 0.1) is 43.7 Å². The Balaban J connectivity index is 2.26. The predicted molar refractivity (Wildman–Crippen MR) is 76.6 cm³/mol. The van der Waals surface area contributed by atoms with Crippen molar-refractivity contribution in [1.82, 2.24) is 4.98 Å². The van der Waals surface area contributed by atoms with Crippen LogP contribution in [0.15, 0.2) is 36.7 Å². The third-order valence-corrected chi connectivity index (χ3v) is 2.71. The number of nitrogens with one attached hydrogen (secondary N) is 2. The van der Waals surface area contributed by atoms with E-state index in [1.807, 2.05) is 31.3 Å². The zero-order valence-electron chi connectivity index (χ0n) is 11.2. The van der Waals surface area contributed by atoms with Crippen molar-refractivity contribution in [3.05, 3.63) is 36.7 Å². The topological polar surface area (TPSA) is 55.4 Å². The van der Waals surface area contributed by atoms with Gasteiger partial charge < -0.3 is 20.1 Å². The third kappa shape index (κ3) is 3.07. The second-order valence-corrected chi connectivity index (χ2v) is 3.90. The van der Waals surface area contributed by atoms with Gasteiger partial charge in [0.2, 0.25) is 0 Å². The predicted octanol–water partition coefficient (Wildman–Crippen LogP) is 2.88. The Labute approximate surface area is 112 Å². The summed E-state index contributed by atoms with van der Waals surface area (Å²) in [5, 5.41) is 6.31. The quantitative estimate of drug-likeness (QED) is 0.864. The van der Waals surface area contributed by atoms with Crippen molar-refractivity contribution in [3.8, 4) is 11.5 Å². The van der Waals surface area contributed by atoms with Crippen LogP contribution in [0.25, 0.3) is 0 Å². The Morgan fingerprint density at radius 2 is 1.79 bits per heavy atom. The molecule has 0 spiro atoms. The standard InChI is InChI=1S/C14H17N3O2/c1-15-10-6-11(9-16-8-10)17-13-5-4-12(18-2)7-14(13)19-3/h4-9,15,17H,1-3H3. The number of hydrogen-bond donors (Lipinski definition) is 2. The van der Waals surface area contributed by atoms with Gasteiger partial charge in [-0.25, -0.2) is 0 Å². The summed E-state index contributed by atoms with van der Waals surface area (Å²) >= 11 is 0. The highest BCUT2D eigenvalue weighted by Gasteiger charge is 2.05. The maximum absolute atomic E-state index is 5.34. The summed E-state index contributed by atoms with van der Waals surface area (Å²) in [5.74, 6) is 1.47. The van der Waals surface area contributed by atoms with E-state index in [1.54, 1.807) is 26.6 Å². The van der Waals surface area contributed by atoms with Gasteiger partial charge in [-0.15, -0.1) is 0 Å². The van der Waals surface area contributed by atoms with E-state index in [0.29, 0.717) is 5.75 Å². The third-order valence-electron chi connectivity index (χ3n) is 2.71. The van der Waals surface area contributed by atoms with E-state index < -0.39 is 0 Å². The number of rotatable bonds is 5. The lowest BCUT2D eigenvalue weighted by molar-refractivity contribution is 0.395. The lowest BCUT2D eigenvalue weighted by Crippen LogP contribution is -1.97. The number of pyridine rings is 1. The molecule has 100 valence electrons. The smallest absolute Gasteiger partial charge is 0.145 e. The molecule has 2 N–H and O–H groups in total. The maximum atomic E-state index is 5.34. The van der Waals surface area contributed by atoms with Crippen molar-refractivity contribution in [2.24, 2.45) is 0 Å². The minimum absolute atomic E-state index is 0.717. The van der Waals surface area contributed by atoms with Crippen molar-refractivity contribution in [3.63, 3.8) is 0 Å². The summed E-state index contributed by atoms with van der Waals surface area (Å²) in [6, 6.07) is 7.58. The summed E-state index contributed by atoms with van der Waals surface area (Å²) in [5.41, 5.74) is 2.69. The van der Waals surface area contributed by atoms with E-state index in [1.165, 1.54) is 0 Å². The van der Waals surface area contributed by atoms with E-state index >= 15 is 0 Å². The van der Waals surface area contributed by atoms with Crippen LogP contribution in [0.1, 0.15) is 0 Å². The first-order chi connectivity index (χ1) is 9.26. The number of aromatic nitrogens is 1. The summed E-state index contributed by atoms with van der Waals surface area (Å²) < 4.78 is 10.5. The van der Waals surface area contributed by atoms with Gasteiger partial charge in [0.15, 0.2) is 0 Å². The fourth-order valence-electron chi connectivity index (χ4n) is 1.70. The first-order valence-corrected chi connectivity index (χ1v) is 5.88. The Morgan fingerprint density at radius 3 is 2.47 bits per heavy atom. The summed E-state index contributed by atoms with van der Waals surface area (Å²) in [6.07, 6.45) is 3.51. The highest BCUT2D eigenvalue weighted by molar-refractivity contribution is 5.69. The number of hydrogen-bond acceptors (Lipinski definition) is 5. The lowest BCUT2D eigenvalue weighted by atomic mass is 10.2. The van der Waals surface area contributed by atoms with Crippen LogP contribution in [0.5, 0.6) is 11.5 Å². The molecule has 0 aliphatic carbocycles. The molecule has 5 nitrogen and oxygen atoms in total. The van der Waals surface area contributed by atoms with Crippen LogP contribution in [-0.2, 0) is 0 Å². The molecule has 0 aliphatic heterocycles. The van der Waals surface area contributed by atoms with Crippen molar-refractivity contribution in [2.45, 2.75) is 0 Å². The van der Waals surface area contributed by atoms with Crippen molar-refractivity contribution >= 4 is 17.1 Å². The molecule has 0 saturated heterocycles. The SMILES string of the molecule is CNc1cncc(Nc2ccc(OC)cc2OC)c1. The Bertz CT molecular complexity index is 558. The molecule has 1 heterocycles. The normalized spacial score (nSPS) is 9.84. The van der Waals surface area contributed by atoms with E-state index in [0.717, 1.165) is 22.8 Å². The summed E-state index contributed by atoms with van der Waals surface area (Å²) in [6.45, 7) is 0. The number of nitrogens with zero attached hydrogens (tertiary/aromatic N) is 1. The Kier molecular flexibility index (Phi) is 4.07. The van der Waals surface area contributed by atoms with Gasteiger partial charge in [-0.3, -0.25) is 4.98 Å². The van der Waals surface area contributed by atoms with Gasteiger partial charge in [-0.1, -0.05) is 0 Å². The van der Waals surface area contributed by atoms with Gasteiger partial charge in [0.25, 0.3) is 0 Å². The molecule has 2 aromatic rings. The number of anilines is 3. The van der Waals surface area contributed by atoms with Gasteiger partial charge >= 0.3 is 0 Å². The van der Waals surface area contributed by atoms with Crippen LogP contribution in [0.4, 0.5) is 17.1 Å². The van der Waals surface area contributed by atoms with Crippen LogP contribution in [-0.4, -0.2) is 26.3 Å². The number of ether oxygens (including phenoxy) is 2. The van der Waals surface area contributed by atoms with Gasteiger partial charge in [-0.05, 0) is 18.2 Å². The molecule has 0 saturated carbocycles. The van der Waals surface area contributed by atoms with Crippen molar-refractivity contribution in [2.75, 3.05) is 31.9 Å². The zero-order valence-corrected chi connectivity index (χ0v) is 11.2. The molecular weight excluding hydrogens is 242 g/mol. The van der Waals surface area contributed by atoms with Crippen LogP contribution >= 0.6 is 0 Å². The lowest BCUT2D eigenvalue weighted by Gasteiger charge is -2.12. The fourth-order valence-corrected chi connectivity index (χ4v) is 1.70. The molecule has 19 heavy (non-hydrogen) atoms. The molecule has 0 amide bonds. The molecule has 0 fully saturated rings. The van der Waals surface area contributed by atoms with Crippen LogP contribution in [0.3, 0.4) is 0 Å². The second-order valence-electron chi connectivity index (χ2n) is 3.90. The molecule has 0 bridgehead atoms. The average Bonchev–Trinajstić information content (AvgIpc) is 2.48. The van der Waals surface area contributed by atoms with Gasteiger partial charge in [0.1, 0.15) is 11.5 Å². The van der Waals surface area contributed by atoms with E-state index in [-0.39, 0.29) is 0 Å². The molecule has 1 aromatic heterocycles. The van der Waals surface area contributed by atoms with Crippen LogP contribution < -0.4 is 20.1 Å². The fraction of sp³-hybridized carbons (Fsp3) is 0.214. The van der Waals surface area contributed by atoms with Crippen molar-refractivity contribution in [1.29, 1.82) is 0 Å². The molecule has 5 heteroatoms. The molecular formula is C14H17N3O2.